The zero-order chi connectivity index (χ0) is 21.5. The highest BCUT2D eigenvalue weighted by atomic mass is 16.5. The van der Waals surface area contributed by atoms with Crippen LogP contribution in [0.4, 0.5) is 0 Å². The van der Waals surface area contributed by atoms with Crippen LogP contribution in [0.25, 0.3) is 12.2 Å². The summed E-state index contributed by atoms with van der Waals surface area (Å²) in [7, 11) is 6.49. The average Bonchev–Trinajstić information content (AvgIpc) is 2.95. The molecule has 0 N–H and O–H groups in total. The highest BCUT2D eigenvalue weighted by Gasteiger charge is 2.20. The molecule has 1 aliphatic carbocycles. The Hall–Kier alpha value is -3.21. The monoisotopic (exact) mass is 408 g/mol. The van der Waals surface area contributed by atoms with Crippen LogP contribution < -0.4 is 18.9 Å². The van der Waals surface area contributed by atoms with Crippen molar-refractivity contribution in [3.05, 3.63) is 58.7 Å². The van der Waals surface area contributed by atoms with Crippen LogP contribution in [0.3, 0.4) is 0 Å². The van der Waals surface area contributed by atoms with Gasteiger partial charge in [-0.2, -0.15) is 0 Å². The molecule has 0 amide bonds. The number of methoxy groups -OCH3 is 4. The summed E-state index contributed by atoms with van der Waals surface area (Å²) in [5.41, 5.74) is 3.21. The minimum absolute atomic E-state index is 0.0576. The van der Waals surface area contributed by atoms with E-state index in [1.165, 1.54) is 0 Å². The van der Waals surface area contributed by atoms with E-state index in [0.29, 0.717) is 11.5 Å². The summed E-state index contributed by atoms with van der Waals surface area (Å²) >= 11 is 0. The Kier molecular flexibility index (Phi) is 7.17. The van der Waals surface area contributed by atoms with E-state index in [9.17, 15) is 4.79 Å². The first-order chi connectivity index (χ1) is 14.6. The van der Waals surface area contributed by atoms with E-state index in [0.717, 1.165) is 59.5 Å². The number of ketones is 1. The molecule has 0 atom stereocenters. The molecule has 2 aromatic rings. The van der Waals surface area contributed by atoms with E-state index >= 15 is 0 Å². The van der Waals surface area contributed by atoms with Gasteiger partial charge in [-0.15, -0.1) is 0 Å². The first-order valence-corrected chi connectivity index (χ1v) is 9.99. The van der Waals surface area contributed by atoms with Crippen molar-refractivity contribution >= 4 is 17.9 Å². The van der Waals surface area contributed by atoms with Gasteiger partial charge in [0.2, 0.25) is 0 Å². The molecule has 158 valence electrons. The van der Waals surface area contributed by atoms with Gasteiger partial charge in [0.15, 0.2) is 5.78 Å². The quantitative estimate of drug-likeness (QED) is 0.478. The lowest BCUT2D eigenvalue weighted by molar-refractivity contribution is -0.112. The third-order valence-electron chi connectivity index (χ3n) is 5.26. The lowest BCUT2D eigenvalue weighted by atomic mass is 9.97. The maximum atomic E-state index is 13.4. The lowest BCUT2D eigenvalue weighted by Crippen LogP contribution is -2.04. The molecule has 0 bridgehead atoms. The number of carbonyl (C=O) groups is 1. The molecule has 0 unspecified atom stereocenters. The fourth-order valence-corrected chi connectivity index (χ4v) is 3.62. The minimum Gasteiger partial charge on any atom is -0.497 e. The van der Waals surface area contributed by atoms with Gasteiger partial charge >= 0.3 is 0 Å². The van der Waals surface area contributed by atoms with E-state index in [-0.39, 0.29) is 5.78 Å². The topological polar surface area (TPSA) is 54.0 Å². The number of Topliss-reactive ketones (excluding diaryl/α,β-unsaturated/α-hetero) is 1. The SMILES string of the molecule is COc1ccc(OC)c(C=C2CCCCC(=Cc3cc(OC)ccc3OC)C2=O)c1. The Morgan fingerprint density at radius 1 is 0.667 bits per heavy atom. The van der Waals surface area contributed by atoms with Crippen LogP contribution in [0.5, 0.6) is 23.0 Å². The number of carbonyl (C=O) groups excluding carboxylic acids is 1. The molecule has 0 aromatic heterocycles. The molecule has 1 aliphatic rings. The van der Waals surface area contributed by atoms with Gasteiger partial charge in [0.1, 0.15) is 23.0 Å². The molecular weight excluding hydrogens is 380 g/mol. The van der Waals surface area contributed by atoms with Gasteiger partial charge < -0.3 is 18.9 Å². The number of ether oxygens (including phenoxy) is 4. The number of hydrogen-bond acceptors (Lipinski definition) is 5. The molecule has 1 fully saturated rings. The Morgan fingerprint density at radius 2 is 1.10 bits per heavy atom. The van der Waals surface area contributed by atoms with Crippen molar-refractivity contribution in [3.8, 4) is 23.0 Å². The zero-order valence-electron chi connectivity index (χ0n) is 18.0. The van der Waals surface area contributed by atoms with Crippen molar-refractivity contribution in [1.29, 1.82) is 0 Å². The summed E-state index contributed by atoms with van der Waals surface area (Å²) < 4.78 is 21.6. The largest absolute Gasteiger partial charge is 0.497 e. The Labute approximate surface area is 177 Å². The zero-order valence-corrected chi connectivity index (χ0v) is 18.0. The Balaban J connectivity index is 2.02. The molecular formula is C25H28O5. The second kappa shape index (κ2) is 10.0. The maximum Gasteiger partial charge on any atom is 0.185 e. The van der Waals surface area contributed by atoms with Crippen LogP contribution in [0.15, 0.2) is 47.5 Å². The Bertz CT molecular complexity index is 894. The van der Waals surface area contributed by atoms with Crippen molar-refractivity contribution in [1.82, 2.24) is 0 Å². The summed E-state index contributed by atoms with van der Waals surface area (Å²) in [6.07, 6.45) is 7.21. The minimum atomic E-state index is 0.0576. The van der Waals surface area contributed by atoms with Crippen LogP contribution >= 0.6 is 0 Å². The molecule has 2 aromatic carbocycles. The number of rotatable bonds is 6. The number of benzene rings is 2. The van der Waals surface area contributed by atoms with E-state index in [1.807, 2.05) is 48.6 Å². The molecule has 3 rings (SSSR count). The van der Waals surface area contributed by atoms with Crippen molar-refractivity contribution in [3.63, 3.8) is 0 Å². The molecule has 0 aliphatic heterocycles. The third-order valence-corrected chi connectivity index (χ3v) is 5.26. The summed E-state index contributed by atoms with van der Waals surface area (Å²) in [6, 6.07) is 11.2. The second-order valence-corrected chi connectivity index (χ2v) is 7.09. The van der Waals surface area contributed by atoms with Crippen molar-refractivity contribution in [2.45, 2.75) is 25.7 Å². The molecule has 30 heavy (non-hydrogen) atoms. The van der Waals surface area contributed by atoms with Gasteiger partial charge in [-0.1, -0.05) is 0 Å². The maximum absolute atomic E-state index is 13.4. The third kappa shape index (κ3) is 4.85. The molecule has 5 heteroatoms. The predicted octanol–water partition coefficient (Wildman–Crippen LogP) is 5.33. The highest BCUT2D eigenvalue weighted by Crippen LogP contribution is 2.33. The van der Waals surface area contributed by atoms with Crippen LogP contribution in [-0.4, -0.2) is 34.2 Å². The summed E-state index contributed by atoms with van der Waals surface area (Å²) in [5.74, 6) is 2.92. The van der Waals surface area contributed by atoms with Gasteiger partial charge in [-0.25, -0.2) is 0 Å². The molecule has 0 spiro atoms. The van der Waals surface area contributed by atoms with Crippen LogP contribution in [0.2, 0.25) is 0 Å². The first-order valence-electron chi connectivity index (χ1n) is 9.99. The van der Waals surface area contributed by atoms with Crippen molar-refractivity contribution in [2.75, 3.05) is 28.4 Å². The molecule has 5 nitrogen and oxygen atoms in total. The fourth-order valence-electron chi connectivity index (χ4n) is 3.62. The van der Waals surface area contributed by atoms with E-state index < -0.39 is 0 Å². The predicted molar refractivity (Wildman–Crippen MR) is 119 cm³/mol. The molecule has 1 saturated carbocycles. The van der Waals surface area contributed by atoms with E-state index in [1.54, 1.807) is 28.4 Å². The van der Waals surface area contributed by atoms with Gasteiger partial charge in [-0.3, -0.25) is 4.79 Å². The standard InChI is InChI=1S/C25H28O5/c1-27-21-9-11-23(29-3)19(15-21)13-17-7-5-6-8-18(25(17)26)14-20-16-22(28-2)10-12-24(20)30-4/h9-16H,5-8H2,1-4H3. The number of hydrogen-bond donors (Lipinski definition) is 0. The Morgan fingerprint density at radius 3 is 1.47 bits per heavy atom. The first kappa shape index (κ1) is 21.5. The molecule has 0 saturated heterocycles. The van der Waals surface area contributed by atoms with Gasteiger partial charge in [0.05, 0.1) is 28.4 Å². The molecule has 0 radical (unpaired) electrons. The van der Waals surface area contributed by atoms with Gasteiger partial charge in [0, 0.05) is 22.3 Å². The van der Waals surface area contributed by atoms with Crippen molar-refractivity contribution in [2.24, 2.45) is 0 Å². The summed E-state index contributed by atoms with van der Waals surface area (Å²) in [6.45, 7) is 0. The van der Waals surface area contributed by atoms with Gasteiger partial charge in [0.25, 0.3) is 0 Å². The fraction of sp³-hybridized carbons (Fsp3) is 0.320. The lowest BCUT2D eigenvalue weighted by Gasteiger charge is -2.11. The van der Waals surface area contributed by atoms with E-state index in [2.05, 4.69) is 0 Å². The smallest absolute Gasteiger partial charge is 0.185 e. The van der Waals surface area contributed by atoms with Crippen LogP contribution in [0.1, 0.15) is 36.8 Å². The number of allylic oxidation sites excluding steroid dienone is 2. The van der Waals surface area contributed by atoms with Crippen molar-refractivity contribution < 1.29 is 23.7 Å². The average molecular weight is 408 g/mol. The van der Waals surface area contributed by atoms with Gasteiger partial charge in [-0.05, 0) is 74.2 Å². The summed E-state index contributed by atoms with van der Waals surface area (Å²) in [5, 5.41) is 0. The van der Waals surface area contributed by atoms with E-state index in [4.69, 9.17) is 18.9 Å². The van der Waals surface area contributed by atoms with Crippen LogP contribution in [-0.2, 0) is 4.79 Å². The second-order valence-electron chi connectivity index (χ2n) is 7.09. The molecule has 0 heterocycles. The highest BCUT2D eigenvalue weighted by molar-refractivity contribution is 6.13. The summed E-state index contributed by atoms with van der Waals surface area (Å²) in [4.78, 5) is 13.4. The normalized spacial score (nSPS) is 17.0. The van der Waals surface area contributed by atoms with Crippen LogP contribution in [0, 0.1) is 0 Å².